The summed E-state index contributed by atoms with van der Waals surface area (Å²) in [5.74, 6) is -0.578. The van der Waals surface area contributed by atoms with Crippen LogP contribution in [0.4, 0.5) is 20.2 Å². The third kappa shape index (κ3) is 4.89. The number of hydrogen-bond donors (Lipinski definition) is 2. The molecule has 3 aromatic rings. The zero-order valence-electron chi connectivity index (χ0n) is 19.7. The van der Waals surface area contributed by atoms with E-state index >= 15 is 0 Å². The van der Waals surface area contributed by atoms with Gasteiger partial charge in [0.2, 0.25) is 0 Å². The highest BCUT2D eigenvalue weighted by Gasteiger charge is 2.34. The third-order valence-corrected chi connectivity index (χ3v) is 5.78. The Morgan fingerprint density at radius 1 is 1.28 bits per heavy atom. The standard InChI is InChI=1S/C25H24F2N6O3/c1-15-14-32-22(25(35)33(15)19-6-3-16(4-7-19)23(26)27)20(13-30-32)31-24(34)17-5-8-21(18(11-17)12-28)36-10-9-29-2/h3-8,11,13,15,23,29H,9-10,14H2,1-2H3,(H,31,34)/t15-/m0/s1. The van der Waals surface area contributed by atoms with Crippen LogP contribution in [-0.2, 0) is 6.54 Å². The van der Waals surface area contributed by atoms with Gasteiger partial charge in [0.05, 0.1) is 30.0 Å². The first kappa shape index (κ1) is 24.8. The molecule has 1 atom stereocenters. The number of halogens is 2. The highest BCUT2D eigenvalue weighted by Crippen LogP contribution is 2.30. The third-order valence-electron chi connectivity index (χ3n) is 5.78. The van der Waals surface area contributed by atoms with E-state index in [0.29, 0.717) is 31.1 Å². The van der Waals surface area contributed by atoms with Crippen LogP contribution in [-0.4, -0.2) is 47.8 Å². The maximum atomic E-state index is 13.4. The molecule has 1 aliphatic rings. The van der Waals surface area contributed by atoms with Crippen molar-refractivity contribution in [1.82, 2.24) is 15.1 Å². The van der Waals surface area contributed by atoms with Gasteiger partial charge in [-0.15, -0.1) is 0 Å². The average Bonchev–Trinajstić information content (AvgIpc) is 3.26. The molecule has 1 aliphatic heterocycles. The smallest absolute Gasteiger partial charge is 0.279 e. The van der Waals surface area contributed by atoms with Crippen LogP contribution in [0.5, 0.6) is 5.75 Å². The number of likely N-dealkylation sites (N-methyl/N-ethyl adjacent to an activating group) is 1. The fourth-order valence-corrected chi connectivity index (χ4v) is 3.98. The van der Waals surface area contributed by atoms with Crippen molar-refractivity contribution in [3.05, 3.63) is 71.0 Å². The van der Waals surface area contributed by atoms with Crippen molar-refractivity contribution in [2.75, 3.05) is 30.4 Å². The van der Waals surface area contributed by atoms with Crippen LogP contribution < -0.4 is 20.3 Å². The molecule has 0 bridgehead atoms. The first-order chi connectivity index (χ1) is 17.3. The highest BCUT2D eigenvalue weighted by molar-refractivity contribution is 6.13. The van der Waals surface area contributed by atoms with Gasteiger partial charge in [-0.2, -0.15) is 10.4 Å². The lowest BCUT2D eigenvalue weighted by Crippen LogP contribution is -2.47. The average molecular weight is 495 g/mol. The number of nitriles is 1. The van der Waals surface area contributed by atoms with Gasteiger partial charge in [0, 0.05) is 23.4 Å². The number of benzene rings is 2. The molecule has 186 valence electrons. The van der Waals surface area contributed by atoms with E-state index in [2.05, 4.69) is 15.7 Å². The van der Waals surface area contributed by atoms with Gasteiger partial charge in [0.15, 0.2) is 0 Å². The van der Waals surface area contributed by atoms with E-state index in [1.54, 1.807) is 13.1 Å². The predicted molar refractivity (Wildman–Crippen MR) is 128 cm³/mol. The Balaban J connectivity index is 1.56. The molecule has 2 aromatic carbocycles. The highest BCUT2D eigenvalue weighted by atomic mass is 19.3. The SMILES string of the molecule is CNCCOc1ccc(C(=O)Nc2cnn3c2C(=O)N(c2ccc(C(F)F)cc2)[C@@H](C)C3)cc1C#N. The van der Waals surface area contributed by atoms with Crippen molar-refractivity contribution in [1.29, 1.82) is 5.26 Å². The van der Waals surface area contributed by atoms with Crippen LogP contribution >= 0.6 is 0 Å². The second-order valence-corrected chi connectivity index (χ2v) is 8.23. The molecule has 0 fully saturated rings. The lowest BCUT2D eigenvalue weighted by Gasteiger charge is -2.34. The summed E-state index contributed by atoms with van der Waals surface area (Å²) < 4.78 is 33.0. The molecule has 0 spiro atoms. The summed E-state index contributed by atoms with van der Waals surface area (Å²) in [7, 11) is 1.78. The number of amides is 2. The Hall–Kier alpha value is -4.30. The molecule has 9 nitrogen and oxygen atoms in total. The van der Waals surface area contributed by atoms with Crippen LogP contribution in [0.25, 0.3) is 0 Å². The predicted octanol–water partition coefficient (Wildman–Crippen LogP) is 3.59. The van der Waals surface area contributed by atoms with Gasteiger partial charge in [-0.25, -0.2) is 8.78 Å². The summed E-state index contributed by atoms with van der Waals surface area (Å²) in [4.78, 5) is 27.9. The van der Waals surface area contributed by atoms with Crippen LogP contribution in [0.3, 0.4) is 0 Å². The monoisotopic (exact) mass is 494 g/mol. The maximum absolute atomic E-state index is 13.4. The maximum Gasteiger partial charge on any atom is 0.279 e. The van der Waals surface area contributed by atoms with Crippen LogP contribution in [0.1, 0.15) is 45.3 Å². The molecule has 0 aliphatic carbocycles. The van der Waals surface area contributed by atoms with Gasteiger partial charge in [0.1, 0.15) is 24.1 Å². The number of carbonyl (C=O) groups is 2. The van der Waals surface area contributed by atoms with Crippen molar-refractivity contribution in [2.24, 2.45) is 0 Å². The fraction of sp³-hybridized carbons (Fsp3) is 0.280. The first-order valence-electron chi connectivity index (χ1n) is 11.2. The van der Waals surface area contributed by atoms with Crippen molar-refractivity contribution >= 4 is 23.2 Å². The van der Waals surface area contributed by atoms with E-state index in [1.807, 2.05) is 13.0 Å². The molecule has 36 heavy (non-hydrogen) atoms. The minimum absolute atomic E-state index is 0.135. The quantitative estimate of drug-likeness (QED) is 0.463. The number of aromatic nitrogens is 2. The summed E-state index contributed by atoms with van der Waals surface area (Å²) in [6.07, 6.45) is -1.21. The molecule has 1 aromatic heterocycles. The topological polar surface area (TPSA) is 112 Å². The molecule has 4 rings (SSSR count). The number of alkyl halides is 2. The van der Waals surface area contributed by atoms with Gasteiger partial charge in [-0.05, 0) is 44.3 Å². The minimum Gasteiger partial charge on any atom is -0.491 e. The van der Waals surface area contributed by atoms with Gasteiger partial charge in [-0.3, -0.25) is 14.3 Å². The number of nitrogens with one attached hydrogen (secondary N) is 2. The number of carbonyl (C=O) groups excluding carboxylic acids is 2. The molecular formula is C25H24F2N6O3. The number of rotatable bonds is 8. The number of hydrogen-bond acceptors (Lipinski definition) is 6. The lowest BCUT2D eigenvalue weighted by molar-refractivity contribution is 0.0948. The summed E-state index contributed by atoms with van der Waals surface area (Å²) >= 11 is 0. The molecule has 2 N–H and O–H groups in total. The number of fused-ring (bicyclic) bond motifs is 1. The van der Waals surface area contributed by atoms with Crippen molar-refractivity contribution in [3.8, 4) is 11.8 Å². The largest absolute Gasteiger partial charge is 0.491 e. The van der Waals surface area contributed by atoms with Gasteiger partial charge < -0.3 is 20.3 Å². The minimum atomic E-state index is -2.60. The Morgan fingerprint density at radius 3 is 2.69 bits per heavy atom. The van der Waals surface area contributed by atoms with E-state index in [4.69, 9.17) is 4.74 Å². The van der Waals surface area contributed by atoms with Crippen LogP contribution in [0.2, 0.25) is 0 Å². The number of nitrogens with zero attached hydrogens (tertiary/aromatic N) is 4. The van der Waals surface area contributed by atoms with Crippen molar-refractivity contribution in [3.63, 3.8) is 0 Å². The Morgan fingerprint density at radius 2 is 2.03 bits per heavy atom. The number of anilines is 2. The van der Waals surface area contributed by atoms with Crippen molar-refractivity contribution in [2.45, 2.75) is 25.9 Å². The summed E-state index contributed by atoms with van der Waals surface area (Å²) in [5.41, 5.74) is 1.13. The van der Waals surface area contributed by atoms with E-state index in [0.717, 1.165) is 0 Å². The fourth-order valence-electron chi connectivity index (χ4n) is 3.98. The van der Waals surface area contributed by atoms with E-state index in [1.165, 1.54) is 52.2 Å². The van der Waals surface area contributed by atoms with Crippen LogP contribution in [0.15, 0.2) is 48.7 Å². The number of ether oxygens (including phenoxy) is 1. The Kier molecular flexibility index (Phi) is 7.26. The summed E-state index contributed by atoms with van der Waals surface area (Å²) in [6.45, 7) is 3.14. The van der Waals surface area contributed by atoms with E-state index < -0.39 is 18.2 Å². The zero-order valence-corrected chi connectivity index (χ0v) is 19.7. The summed E-state index contributed by atoms with van der Waals surface area (Å²) in [5, 5.41) is 19.3. The second-order valence-electron chi connectivity index (χ2n) is 8.23. The molecule has 0 saturated carbocycles. The first-order valence-corrected chi connectivity index (χ1v) is 11.2. The van der Waals surface area contributed by atoms with Gasteiger partial charge >= 0.3 is 0 Å². The lowest BCUT2D eigenvalue weighted by atomic mass is 10.1. The zero-order chi connectivity index (χ0) is 25.8. The molecule has 11 heteroatoms. The Bertz CT molecular complexity index is 1320. The molecular weight excluding hydrogens is 470 g/mol. The normalized spacial score (nSPS) is 14.9. The summed E-state index contributed by atoms with van der Waals surface area (Å²) in [6, 6.07) is 11.8. The van der Waals surface area contributed by atoms with E-state index in [-0.39, 0.29) is 34.1 Å². The van der Waals surface area contributed by atoms with Gasteiger partial charge in [-0.1, -0.05) is 12.1 Å². The van der Waals surface area contributed by atoms with Crippen LogP contribution in [0, 0.1) is 11.3 Å². The molecule has 0 radical (unpaired) electrons. The molecule has 2 heterocycles. The molecule has 0 unspecified atom stereocenters. The molecule has 2 amide bonds. The molecule has 0 saturated heterocycles. The van der Waals surface area contributed by atoms with E-state index in [9.17, 15) is 23.6 Å². The Labute approximate surface area is 206 Å². The van der Waals surface area contributed by atoms with Gasteiger partial charge in [0.25, 0.3) is 18.2 Å². The van der Waals surface area contributed by atoms with Crippen molar-refractivity contribution < 1.29 is 23.1 Å². The second kappa shape index (κ2) is 10.5.